The molecule has 1 saturated carbocycles. The Morgan fingerprint density at radius 2 is 1.09 bits per heavy atom. The highest BCUT2D eigenvalue weighted by molar-refractivity contribution is 5.66. The molecule has 0 heteroatoms. The van der Waals surface area contributed by atoms with E-state index in [2.05, 4.69) is 96.8 Å². The van der Waals surface area contributed by atoms with Crippen LogP contribution in [-0.4, -0.2) is 0 Å². The fourth-order valence-electron chi connectivity index (χ4n) is 4.61. The van der Waals surface area contributed by atoms with E-state index in [4.69, 9.17) is 0 Å². The van der Waals surface area contributed by atoms with Crippen molar-refractivity contribution < 1.29 is 0 Å². The second-order valence-electron chi connectivity index (χ2n) is 8.80. The van der Waals surface area contributed by atoms with Gasteiger partial charge in [0.05, 0.1) is 0 Å². The summed E-state index contributed by atoms with van der Waals surface area (Å²) >= 11 is 0. The van der Waals surface area contributed by atoms with Crippen LogP contribution in [0.5, 0.6) is 0 Å². The SMILES string of the molecule is C(#Cc1ccc(C2CCC(=Cc3ccc(-c4ccccc4)cc3)CC2)cc1)c1ccccc1. The molecule has 1 aliphatic rings. The van der Waals surface area contributed by atoms with E-state index in [0.717, 1.165) is 11.1 Å². The molecule has 0 N–H and O–H groups in total. The molecule has 0 bridgehead atoms. The van der Waals surface area contributed by atoms with E-state index in [9.17, 15) is 0 Å². The van der Waals surface area contributed by atoms with Crippen LogP contribution in [0.15, 0.2) is 115 Å². The first kappa shape index (κ1) is 21.0. The third kappa shape index (κ3) is 5.51. The van der Waals surface area contributed by atoms with Crippen molar-refractivity contribution in [2.45, 2.75) is 31.6 Å². The summed E-state index contributed by atoms with van der Waals surface area (Å²) in [6.45, 7) is 0. The van der Waals surface area contributed by atoms with Gasteiger partial charge in [0.25, 0.3) is 0 Å². The zero-order valence-electron chi connectivity index (χ0n) is 18.9. The van der Waals surface area contributed by atoms with E-state index < -0.39 is 0 Å². The van der Waals surface area contributed by atoms with Gasteiger partial charge in [0.15, 0.2) is 0 Å². The second-order valence-corrected chi connectivity index (χ2v) is 8.80. The molecule has 1 aliphatic carbocycles. The summed E-state index contributed by atoms with van der Waals surface area (Å²) in [5.74, 6) is 7.18. The Bertz CT molecular complexity index is 1260. The largest absolute Gasteiger partial charge is 0.0696 e. The number of hydrogen-bond acceptors (Lipinski definition) is 0. The van der Waals surface area contributed by atoms with Gasteiger partial charge in [-0.1, -0.05) is 108 Å². The van der Waals surface area contributed by atoms with Crippen LogP contribution in [0.4, 0.5) is 0 Å². The Hall–Kier alpha value is -3.82. The summed E-state index contributed by atoms with van der Waals surface area (Å²) in [4.78, 5) is 0. The van der Waals surface area contributed by atoms with Crippen molar-refractivity contribution >= 4 is 6.08 Å². The Morgan fingerprint density at radius 1 is 0.545 bits per heavy atom. The first-order valence-corrected chi connectivity index (χ1v) is 11.9. The van der Waals surface area contributed by atoms with Gasteiger partial charge in [-0.3, -0.25) is 0 Å². The summed E-state index contributed by atoms with van der Waals surface area (Å²) in [7, 11) is 0. The lowest BCUT2D eigenvalue weighted by molar-refractivity contribution is 0.519. The third-order valence-electron chi connectivity index (χ3n) is 6.52. The predicted molar refractivity (Wildman–Crippen MR) is 140 cm³/mol. The van der Waals surface area contributed by atoms with Crippen molar-refractivity contribution in [1.29, 1.82) is 0 Å². The topological polar surface area (TPSA) is 0 Å². The third-order valence-corrected chi connectivity index (χ3v) is 6.52. The minimum atomic E-state index is 0.652. The van der Waals surface area contributed by atoms with Crippen LogP contribution in [0, 0.1) is 11.8 Å². The molecule has 0 aliphatic heterocycles. The monoisotopic (exact) mass is 424 g/mol. The molecule has 0 spiro atoms. The first-order valence-electron chi connectivity index (χ1n) is 11.9. The standard InChI is InChI=1S/C33H28/c1-3-7-26(8-4-1)11-12-27-13-19-32(20-14-27)33-23-17-29(18-24-33)25-28-15-21-31(22-16-28)30-9-5-2-6-10-30/h1-10,13-16,19-22,25,33H,17-18,23-24H2. The molecular formula is C33H28. The summed E-state index contributed by atoms with van der Waals surface area (Å²) < 4.78 is 0. The minimum absolute atomic E-state index is 0.652. The van der Waals surface area contributed by atoms with Crippen LogP contribution in [0.2, 0.25) is 0 Å². The molecule has 0 saturated heterocycles. The van der Waals surface area contributed by atoms with E-state index in [0.29, 0.717) is 5.92 Å². The average Bonchev–Trinajstić information content (AvgIpc) is 2.90. The minimum Gasteiger partial charge on any atom is -0.0696 e. The van der Waals surface area contributed by atoms with Crippen LogP contribution in [-0.2, 0) is 0 Å². The van der Waals surface area contributed by atoms with Crippen molar-refractivity contribution in [2.75, 3.05) is 0 Å². The van der Waals surface area contributed by atoms with Crippen LogP contribution >= 0.6 is 0 Å². The lowest BCUT2D eigenvalue weighted by Gasteiger charge is -2.24. The van der Waals surface area contributed by atoms with Crippen LogP contribution in [0.25, 0.3) is 17.2 Å². The van der Waals surface area contributed by atoms with Gasteiger partial charge in [-0.25, -0.2) is 0 Å². The molecule has 0 atom stereocenters. The Balaban J connectivity index is 1.19. The van der Waals surface area contributed by atoms with Gasteiger partial charge in [0.1, 0.15) is 0 Å². The van der Waals surface area contributed by atoms with E-state index in [-0.39, 0.29) is 0 Å². The molecule has 0 amide bonds. The number of hydrogen-bond donors (Lipinski definition) is 0. The molecular weight excluding hydrogens is 396 g/mol. The maximum absolute atomic E-state index is 3.28. The quantitative estimate of drug-likeness (QED) is 0.289. The highest BCUT2D eigenvalue weighted by Crippen LogP contribution is 2.36. The van der Waals surface area contributed by atoms with Gasteiger partial charge in [0.2, 0.25) is 0 Å². The van der Waals surface area contributed by atoms with Crippen molar-refractivity contribution in [1.82, 2.24) is 0 Å². The van der Waals surface area contributed by atoms with E-state index in [1.807, 2.05) is 30.3 Å². The summed E-state index contributed by atoms with van der Waals surface area (Å²) in [6, 6.07) is 38.6. The van der Waals surface area contributed by atoms with Gasteiger partial charge in [-0.15, -0.1) is 0 Å². The maximum Gasteiger partial charge on any atom is 0.0249 e. The smallest absolute Gasteiger partial charge is 0.0249 e. The summed E-state index contributed by atoms with van der Waals surface area (Å²) in [6.07, 6.45) is 7.21. The molecule has 1 fully saturated rings. The van der Waals surface area contributed by atoms with Crippen molar-refractivity contribution in [3.05, 3.63) is 137 Å². The average molecular weight is 425 g/mol. The highest BCUT2D eigenvalue weighted by atomic mass is 14.2. The lowest BCUT2D eigenvalue weighted by atomic mass is 9.81. The molecule has 160 valence electrons. The molecule has 0 unspecified atom stereocenters. The number of benzene rings is 4. The molecule has 0 nitrogen and oxygen atoms in total. The van der Waals surface area contributed by atoms with Gasteiger partial charge in [0, 0.05) is 11.1 Å². The Kier molecular flexibility index (Phi) is 6.51. The summed E-state index contributed by atoms with van der Waals surface area (Å²) in [5.41, 5.74) is 9.02. The van der Waals surface area contributed by atoms with E-state index in [1.165, 1.54) is 47.9 Å². The van der Waals surface area contributed by atoms with Gasteiger partial charge in [-0.2, -0.15) is 0 Å². The zero-order valence-corrected chi connectivity index (χ0v) is 18.9. The van der Waals surface area contributed by atoms with Crippen molar-refractivity contribution in [3.8, 4) is 23.0 Å². The van der Waals surface area contributed by atoms with E-state index >= 15 is 0 Å². The molecule has 5 rings (SSSR count). The van der Waals surface area contributed by atoms with Gasteiger partial charge < -0.3 is 0 Å². The molecule has 0 aromatic heterocycles. The number of rotatable bonds is 3. The fourth-order valence-corrected chi connectivity index (χ4v) is 4.61. The van der Waals surface area contributed by atoms with Crippen LogP contribution in [0.3, 0.4) is 0 Å². The van der Waals surface area contributed by atoms with Crippen LogP contribution in [0.1, 0.15) is 53.9 Å². The molecule has 4 aromatic carbocycles. The van der Waals surface area contributed by atoms with Crippen LogP contribution < -0.4 is 0 Å². The molecule has 0 heterocycles. The van der Waals surface area contributed by atoms with Gasteiger partial charge in [-0.05, 0) is 78.1 Å². The normalized spacial score (nSPS) is 15.4. The van der Waals surface area contributed by atoms with Crippen molar-refractivity contribution in [3.63, 3.8) is 0 Å². The predicted octanol–water partition coefficient (Wildman–Crippen LogP) is 8.49. The zero-order chi connectivity index (χ0) is 22.3. The Morgan fingerprint density at radius 3 is 1.73 bits per heavy atom. The molecule has 33 heavy (non-hydrogen) atoms. The highest BCUT2D eigenvalue weighted by Gasteiger charge is 2.18. The first-order chi connectivity index (χ1) is 16.3. The van der Waals surface area contributed by atoms with Gasteiger partial charge >= 0.3 is 0 Å². The fraction of sp³-hybridized carbons (Fsp3) is 0.152. The number of allylic oxidation sites excluding steroid dienone is 1. The van der Waals surface area contributed by atoms with Crippen molar-refractivity contribution in [2.24, 2.45) is 0 Å². The molecule has 0 radical (unpaired) electrons. The lowest BCUT2D eigenvalue weighted by Crippen LogP contribution is -2.06. The Labute approximate surface area is 197 Å². The van der Waals surface area contributed by atoms with E-state index in [1.54, 1.807) is 5.57 Å². The second kappa shape index (κ2) is 10.2. The molecule has 4 aromatic rings. The maximum atomic E-state index is 3.28. The summed E-state index contributed by atoms with van der Waals surface area (Å²) in [5, 5.41) is 0.